The third kappa shape index (κ3) is 4.34. The topological polar surface area (TPSA) is 29.1 Å². The van der Waals surface area contributed by atoms with Crippen LogP contribution in [0.2, 0.25) is 0 Å². The summed E-state index contributed by atoms with van der Waals surface area (Å²) in [4.78, 5) is 12.6. The first-order chi connectivity index (χ1) is 12.3. The van der Waals surface area contributed by atoms with Gasteiger partial charge in [0.1, 0.15) is 0 Å². The van der Waals surface area contributed by atoms with Crippen molar-refractivity contribution in [1.82, 2.24) is 0 Å². The number of carbonyl (C=O) groups excluding carboxylic acids is 1. The normalized spacial score (nSPS) is 14.3. The van der Waals surface area contributed by atoms with E-state index in [-0.39, 0.29) is 12.0 Å². The highest BCUT2D eigenvalue weighted by molar-refractivity contribution is 6.05. The molecule has 1 aliphatic rings. The Morgan fingerprint density at radius 1 is 1.12 bits per heavy atom. The second kappa shape index (κ2) is 7.36. The second-order valence-corrected chi connectivity index (χ2v) is 6.55. The lowest BCUT2D eigenvalue weighted by Crippen LogP contribution is -2.16. The maximum Gasteiger partial charge on any atom is 0.409 e. The lowest BCUT2D eigenvalue weighted by atomic mass is 9.90. The maximum atomic E-state index is 12.6. The molecule has 1 amide bonds. The lowest BCUT2D eigenvalue weighted by Gasteiger charge is -2.20. The van der Waals surface area contributed by atoms with Crippen LogP contribution < -0.4 is 5.32 Å². The van der Waals surface area contributed by atoms with E-state index >= 15 is 0 Å². The Balaban J connectivity index is 1.80. The quantitative estimate of drug-likeness (QED) is 0.748. The Bertz CT molecular complexity index is 853. The fraction of sp³-hybridized carbons (Fsp3) is 0.286. The Labute approximate surface area is 150 Å². The molecule has 3 rings (SSSR count). The van der Waals surface area contributed by atoms with Crippen LogP contribution in [0.5, 0.6) is 0 Å². The number of fused-ring (bicyclic) bond motifs is 1. The fourth-order valence-electron chi connectivity index (χ4n) is 3.32. The summed E-state index contributed by atoms with van der Waals surface area (Å²) in [6, 6.07) is 10.6. The number of hydrogen-bond donors (Lipinski definition) is 1. The number of allylic oxidation sites excluding steroid dienone is 1. The number of halogens is 3. The Kier molecular flexibility index (Phi) is 5.16. The predicted molar refractivity (Wildman–Crippen MR) is 97.3 cm³/mol. The van der Waals surface area contributed by atoms with Gasteiger partial charge in [0.2, 0.25) is 0 Å². The van der Waals surface area contributed by atoms with Gasteiger partial charge in [-0.25, -0.2) is 0 Å². The minimum absolute atomic E-state index is 0.192. The van der Waals surface area contributed by atoms with Crippen molar-refractivity contribution in [3.05, 3.63) is 70.3 Å². The van der Waals surface area contributed by atoms with Crippen molar-refractivity contribution in [2.75, 3.05) is 5.32 Å². The van der Waals surface area contributed by atoms with Crippen LogP contribution in [0.3, 0.4) is 0 Å². The highest BCUT2D eigenvalue weighted by Crippen LogP contribution is 2.28. The third-order valence-electron chi connectivity index (χ3n) is 4.60. The first kappa shape index (κ1) is 18.2. The van der Waals surface area contributed by atoms with Crippen molar-refractivity contribution in [1.29, 1.82) is 0 Å². The van der Waals surface area contributed by atoms with Gasteiger partial charge in [-0.05, 0) is 67.0 Å². The van der Waals surface area contributed by atoms with Gasteiger partial charge in [0.25, 0.3) is 5.91 Å². The second-order valence-electron chi connectivity index (χ2n) is 6.55. The van der Waals surface area contributed by atoms with Crippen LogP contribution in [0, 0.1) is 6.92 Å². The Morgan fingerprint density at radius 2 is 1.88 bits per heavy atom. The van der Waals surface area contributed by atoms with Crippen LogP contribution in [-0.4, -0.2) is 12.1 Å². The summed E-state index contributed by atoms with van der Waals surface area (Å²) in [6.07, 6.45) is 1.09. The molecule has 0 heterocycles. The SMILES string of the molecule is Cc1cc(/C=C/C(F)(F)F)ccc1C(=O)Nc1cccc2c1CCCC2. The smallest absolute Gasteiger partial charge is 0.322 e. The molecular formula is C21H20F3NO. The molecule has 0 atom stereocenters. The van der Waals surface area contributed by atoms with Gasteiger partial charge in [-0.15, -0.1) is 0 Å². The molecule has 1 N–H and O–H groups in total. The fourth-order valence-corrected chi connectivity index (χ4v) is 3.32. The largest absolute Gasteiger partial charge is 0.409 e. The van der Waals surface area contributed by atoms with E-state index in [1.165, 1.54) is 17.2 Å². The summed E-state index contributed by atoms with van der Waals surface area (Å²) in [5.74, 6) is -0.243. The van der Waals surface area contributed by atoms with Crippen molar-refractivity contribution >= 4 is 17.7 Å². The van der Waals surface area contributed by atoms with Crippen LogP contribution in [0.4, 0.5) is 18.9 Å². The van der Waals surface area contributed by atoms with Crippen molar-refractivity contribution < 1.29 is 18.0 Å². The first-order valence-electron chi connectivity index (χ1n) is 8.62. The number of aryl methyl sites for hydroxylation is 2. The van der Waals surface area contributed by atoms with E-state index in [2.05, 4.69) is 11.4 Å². The number of benzene rings is 2. The van der Waals surface area contributed by atoms with Gasteiger partial charge >= 0.3 is 6.18 Å². The van der Waals surface area contributed by atoms with Crippen molar-refractivity contribution in [3.8, 4) is 0 Å². The van der Waals surface area contributed by atoms with E-state index < -0.39 is 6.18 Å². The molecule has 2 nitrogen and oxygen atoms in total. The number of carbonyl (C=O) groups is 1. The number of amides is 1. The van der Waals surface area contributed by atoms with Crippen molar-refractivity contribution in [2.24, 2.45) is 0 Å². The molecule has 0 spiro atoms. The molecule has 26 heavy (non-hydrogen) atoms. The monoisotopic (exact) mass is 359 g/mol. The van der Waals surface area contributed by atoms with E-state index in [1.54, 1.807) is 19.1 Å². The summed E-state index contributed by atoms with van der Waals surface area (Å²) >= 11 is 0. The van der Waals surface area contributed by atoms with Gasteiger partial charge in [-0.3, -0.25) is 4.79 Å². The van der Waals surface area contributed by atoms with Crippen LogP contribution >= 0.6 is 0 Å². The minimum atomic E-state index is -4.35. The minimum Gasteiger partial charge on any atom is -0.322 e. The van der Waals surface area contributed by atoms with Crippen LogP contribution in [-0.2, 0) is 12.8 Å². The van der Waals surface area contributed by atoms with Crippen LogP contribution in [0.15, 0.2) is 42.5 Å². The summed E-state index contributed by atoms with van der Waals surface area (Å²) in [7, 11) is 0. The van der Waals surface area contributed by atoms with Gasteiger partial charge in [0, 0.05) is 17.3 Å². The first-order valence-corrected chi connectivity index (χ1v) is 8.62. The van der Waals surface area contributed by atoms with Gasteiger partial charge in [0.05, 0.1) is 0 Å². The molecule has 0 aliphatic heterocycles. The molecule has 0 fully saturated rings. The van der Waals surface area contributed by atoms with E-state index in [0.29, 0.717) is 16.7 Å². The van der Waals surface area contributed by atoms with E-state index in [4.69, 9.17) is 0 Å². The highest BCUT2D eigenvalue weighted by atomic mass is 19.4. The van der Waals surface area contributed by atoms with Gasteiger partial charge in [-0.1, -0.05) is 30.3 Å². The number of rotatable bonds is 3. The zero-order chi connectivity index (χ0) is 18.7. The zero-order valence-corrected chi connectivity index (χ0v) is 14.5. The summed E-state index contributed by atoms with van der Waals surface area (Å²) < 4.78 is 36.8. The number of nitrogens with one attached hydrogen (secondary N) is 1. The standard InChI is InChI=1S/C21H20F3NO/c1-14-13-15(11-12-21(22,23)24)9-10-17(14)20(26)25-19-8-4-6-16-5-2-3-7-18(16)19/h4,6,8-13H,2-3,5,7H2,1H3,(H,25,26)/b12-11+. The summed E-state index contributed by atoms with van der Waals surface area (Å²) in [5, 5.41) is 2.97. The number of hydrogen-bond acceptors (Lipinski definition) is 1. The van der Waals surface area contributed by atoms with E-state index in [1.807, 2.05) is 12.1 Å². The molecule has 0 bridgehead atoms. The van der Waals surface area contributed by atoms with E-state index in [9.17, 15) is 18.0 Å². The van der Waals surface area contributed by atoms with Gasteiger partial charge in [0.15, 0.2) is 0 Å². The van der Waals surface area contributed by atoms with Crippen molar-refractivity contribution in [2.45, 2.75) is 38.8 Å². The number of alkyl halides is 3. The molecule has 0 unspecified atom stereocenters. The Hall–Kier alpha value is -2.56. The van der Waals surface area contributed by atoms with Gasteiger partial charge in [-0.2, -0.15) is 13.2 Å². The molecule has 2 aromatic rings. The molecular weight excluding hydrogens is 339 g/mol. The average Bonchev–Trinajstić information content (AvgIpc) is 2.59. The molecule has 136 valence electrons. The zero-order valence-electron chi connectivity index (χ0n) is 14.5. The molecule has 0 saturated carbocycles. The molecule has 0 radical (unpaired) electrons. The van der Waals surface area contributed by atoms with E-state index in [0.717, 1.165) is 37.4 Å². The van der Waals surface area contributed by atoms with Crippen LogP contribution in [0.25, 0.3) is 6.08 Å². The highest BCUT2D eigenvalue weighted by Gasteiger charge is 2.22. The third-order valence-corrected chi connectivity index (χ3v) is 4.60. The Morgan fingerprint density at radius 3 is 2.62 bits per heavy atom. The molecule has 2 aromatic carbocycles. The summed E-state index contributed by atoms with van der Waals surface area (Å²) in [5.41, 5.74) is 4.80. The molecule has 1 aliphatic carbocycles. The van der Waals surface area contributed by atoms with Crippen LogP contribution in [0.1, 0.15) is 45.5 Å². The predicted octanol–water partition coefficient (Wildman–Crippen LogP) is 5.70. The summed E-state index contributed by atoms with van der Waals surface area (Å²) in [6.45, 7) is 1.72. The van der Waals surface area contributed by atoms with Gasteiger partial charge < -0.3 is 5.32 Å². The average molecular weight is 359 g/mol. The molecule has 0 aromatic heterocycles. The molecule has 0 saturated heterocycles. The molecule has 5 heteroatoms. The lowest BCUT2D eigenvalue weighted by molar-refractivity contribution is -0.0790. The maximum absolute atomic E-state index is 12.6. The number of anilines is 1. The van der Waals surface area contributed by atoms with Crippen molar-refractivity contribution in [3.63, 3.8) is 0 Å².